The highest BCUT2D eigenvalue weighted by Crippen LogP contribution is 2.36. The van der Waals surface area contributed by atoms with Gasteiger partial charge in [-0.2, -0.15) is 13.2 Å². The highest BCUT2D eigenvalue weighted by atomic mass is 79.9. The first-order valence-corrected chi connectivity index (χ1v) is 6.85. The minimum atomic E-state index is -4.31. The number of unbranched alkanes of at least 4 members (excludes halogenated alkanes) is 3. The van der Waals surface area contributed by atoms with Gasteiger partial charge in [-0.05, 0) is 24.6 Å². The molecule has 0 aromatic heterocycles. The van der Waals surface area contributed by atoms with E-state index in [1.54, 1.807) is 0 Å². The monoisotopic (exact) mass is 323 g/mol. The summed E-state index contributed by atoms with van der Waals surface area (Å²) >= 11 is 3.19. The van der Waals surface area contributed by atoms with Crippen LogP contribution in [0.5, 0.6) is 0 Å². The Morgan fingerprint density at radius 1 is 1.17 bits per heavy atom. The SMILES string of the molecule is CCCCCCNc1cc(Br)ccc1C(F)(F)F. The molecule has 1 nitrogen and oxygen atoms in total. The topological polar surface area (TPSA) is 12.0 Å². The zero-order chi connectivity index (χ0) is 13.6. The predicted molar refractivity (Wildman–Crippen MR) is 71.8 cm³/mol. The molecule has 0 amide bonds. The van der Waals surface area contributed by atoms with Gasteiger partial charge in [-0.3, -0.25) is 0 Å². The Balaban J connectivity index is 2.65. The molecule has 0 aliphatic heterocycles. The number of halogens is 4. The number of benzene rings is 1. The lowest BCUT2D eigenvalue weighted by molar-refractivity contribution is -0.136. The van der Waals surface area contributed by atoms with Crippen LogP contribution in [-0.4, -0.2) is 6.54 Å². The average Bonchev–Trinajstić information content (AvgIpc) is 2.27. The normalized spacial score (nSPS) is 11.6. The maximum atomic E-state index is 12.8. The van der Waals surface area contributed by atoms with Gasteiger partial charge in [0.15, 0.2) is 0 Å². The first-order chi connectivity index (χ1) is 8.45. The van der Waals surface area contributed by atoms with E-state index in [9.17, 15) is 13.2 Å². The third kappa shape index (κ3) is 4.88. The number of alkyl halides is 3. The average molecular weight is 324 g/mol. The lowest BCUT2D eigenvalue weighted by Crippen LogP contribution is -2.11. The molecule has 0 spiro atoms. The summed E-state index contributed by atoms with van der Waals surface area (Å²) in [5.74, 6) is 0. The zero-order valence-electron chi connectivity index (χ0n) is 10.3. The quantitative estimate of drug-likeness (QED) is 0.685. The Hall–Kier alpha value is -0.710. The van der Waals surface area contributed by atoms with E-state index in [1.807, 2.05) is 0 Å². The number of hydrogen-bond acceptors (Lipinski definition) is 1. The van der Waals surface area contributed by atoms with Crippen molar-refractivity contribution < 1.29 is 13.2 Å². The Bertz CT molecular complexity index is 377. The standard InChI is InChI=1S/C13H17BrF3N/c1-2-3-4-5-8-18-12-9-10(14)6-7-11(12)13(15,16)17/h6-7,9,18H,2-5,8H2,1H3. The second-order valence-electron chi connectivity index (χ2n) is 4.18. The molecule has 0 aliphatic carbocycles. The van der Waals surface area contributed by atoms with Crippen LogP contribution < -0.4 is 5.32 Å². The van der Waals surface area contributed by atoms with E-state index in [4.69, 9.17) is 0 Å². The van der Waals surface area contributed by atoms with Crippen molar-refractivity contribution in [3.8, 4) is 0 Å². The molecule has 0 bridgehead atoms. The molecule has 1 N–H and O–H groups in total. The molecule has 1 rings (SSSR count). The first kappa shape index (κ1) is 15.3. The molecule has 1 aromatic carbocycles. The van der Waals surface area contributed by atoms with E-state index in [1.165, 1.54) is 12.1 Å². The van der Waals surface area contributed by atoms with Crippen LogP contribution in [-0.2, 0) is 6.18 Å². The summed E-state index contributed by atoms with van der Waals surface area (Å²) in [7, 11) is 0. The van der Waals surface area contributed by atoms with Crippen LogP contribution in [0.25, 0.3) is 0 Å². The maximum Gasteiger partial charge on any atom is 0.418 e. The van der Waals surface area contributed by atoms with Gasteiger partial charge in [-0.15, -0.1) is 0 Å². The molecule has 0 atom stereocenters. The molecule has 0 heterocycles. The van der Waals surface area contributed by atoms with Gasteiger partial charge < -0.3 is 5.32 Å². The molecule has 1 aromatic rings. The van der Waals surface area contributed by atoms with E-state index in [2.05, 4.69) is 28.2 Å². The summed E-state index contributed by atoms with van der Waals surface area (Å²) in [4.78, 5) is 0. The van der Waals surface area contributed by atoms with E-state index in [0.717, 1.165) is 31.7 Å². The molecule has 5 heteroatoms. The van der Waals surface area contributed by atoms with Crippen LogP contribution in [0, 0.1) is 0 Å². The molecule has 18 heavy (non-hydrogen) atoms. The van der Waals surface area contributed by atoms with Crippen LogP contribution in [0.3, 0.4) is 0 Å². The molecular weight excluding hydrogens is 307 g/mol. The van der Waals surface area contributed by atoms with Gasteiger partial charge in [-0.1, -0.05) is 42.1 Å². The summed E-state index contributed by atoms with van der Waals surface area (Å²) in [5.41, 5.74) is -0.463. The van der Waals surface area contributed by atoms with Gasteiger partial charge in [0.1, 0.15) is 0 Å². The van der Waals surface area contributed by atoms with E-state index in [-0.39, 0.29) is 5.69 Å². The lowest BCUT2D eigenvalue weighted by atomic mass is 10.1. The molecule has 0 fully saturated rings. The molecule has 0 saturated heterocycles. The fourth-order valence-corrected chi connectivity index (χ4v) is 2.05. The van der Waals surface area contributed by atoms with Crippen LogP contribution in [0.2, 0.25) is 0 Å². The second-order valence-corrected chi connectivity index (χ2v) is 5.09. The van der Waals surface area contributed by atoms with Gasteiger partial charge in [0.25, 0.3) is 0 Å². The predicted octanol–water partition coefficient (Wildman–Crippen LogP) is 5.46. The van der Waals surface area contributed by atoms with Gasteiger partial charge in [0.2, 0.25) is 0 Å². The van der Waals surface area contributed by atoms with Gasteiger partial charge in [0.05, 0.1) is 5.56 Å². The van der Waals surface area contributed by atoms with Crippen LogP contribution in [0.15, 0.2) is 22.7 Å². The van der Waals surface area contributed by atoms with Gasteiger partial charge in [0, 0.05) is 16.7 Å². The number of rotatable bonds is 6. The summed E-state index contributed by atoms with van der Waals surface area (Å²) in [6.07, 6.45) is -0.153. The van der Waals surface area contributed by atoms with Crippen LogP contribution >= 0.6 is 15.9 Å². The molecule has 0 unspecified atom stereocenters. The van der Waals surface area contributed by atoms with Crippen LogP contribution in [0.4, 0.5) is 18.9 Å². The van der Waals surface area contributed by atoms with Crippen molar-refractivity contribution in [2.75, 3.05) is 11.9 Å². The van der Waals surface area contributed by atoms with Crippen LogP contribution in [0.1, 0.15) is 38.2 Å². The Kier molecular flexibility index (Phi) is 5.99. The minimum Gasteiger partial charge on any atom is -0.385 e. The largest absolute Gasteiger partial charge is 0.418 e. The van der Waals surface area contributed by atoms with Crippen molar-refractivity contribution in [3.05, 3.63) is 28.2 Å². The van der Waals surface area contributed by atoms with E-state index in [0.29, 0.717) is 11.0 Å². The first-order valence-electron chi connectivity index (χ1n) is 6.05. The van der Waals surface area contributed by atoms with Crippen molar-refractivity contribution in [2.24, 2.45) is 0 Å². The maximum absolute atomic E-state index is 12.8. The van der Waals surface area contributed by atoms with Crippen molar-refractivity contribution >= 4 is 21.6 Å². The molecule has 0 aliphatic rings. The lowest BCUT2D eigenvalue weighted by Gasteiger charge is -2.14. The minimum absolute atomic E-state index is 0.147. The molecule has 102 valence electrons. The third-order valence-electron chi connectivity index (χ3n) is 2.63. The number of anilines is 1. The number of hydrogen-bond donors (Lipinski definition) is 1. The van der Waals surface area contributed by atoms with Crippen molar-refractivity contribution in [1.82, 2.24) is 0 Å². The van der Waals surface area contributed by atoms with Crippen molar-refractivity contribution in [1.29, 1.82) is 0 Å². The highest BCUT2D eigenvalue weighted by molar-refractivity contribution is 9.10. The summed E-state index contributed by atoms with van der Waals surface area (Å²) in [6.45, 7) is 2.67. The fraction of sp³-hybridized carbons (Fsp3) is 0.538. The molecular formula is C13H17BrF3N. The molecule has 0 radical (unpaired) electrons. The van der Waals surface area contributed by atoms with E-state index >= 15 is 0 Å². The fourth-order valence-electron chi connectivity index (χ4n) is 1.68. The zero-order valence-corrected chi connectivity index (χ0v) is 11.9. The third-order valence-corrected chi connectivity index (χ3v) is 3.13. The van der Waals surface area contributed by atoms with Gasteiger partial charge in [-0.25, -0.2) is 0 Å². The Labute approximate surface area is 114 Å². The Morgan fingerprint density at radius 2 is 1.89 bits per heavy atom. The highest BCUT2D eigenvalue weighted by Gasteiger charge is 2.33. The summed E-state index contributed by atoms with van der Waals surface area (Å²) < 4.78 is 38.9. The van der Waals surface area contributed by atoms with E-state index < -0.39 is 11.7 Å². The van der Waals surface area contributed by atoms with Gasteiger partial charge >= 0.3 is 6.18 Å². The summed E-state index contributed by atoms with van der Waals surface area (Å²) in [6, 6.07) is 3.98. The Morgan fingerprint density at radius 3 is 2.50 bits per heavy atom. The smallest absolute Gasteiger partial charge is 0.385 e. The summed E-state index contributed by atoms with van der Waals surface area (Å²) in [5, 5.41) is 2.87. The molecule has 0 saturated carbocycles. The second kappa shape index (κ2) is 7.02. The number of nitrogens with one attached hydrogen (secondary N) is 1. The van der Waals surface area contributed by atoms with Crippen molar-refractivity contribution in [2.45, 2.75) is 38.8 Å². The van der Waals surface area contributed by atoms with Crippen molar-refractivity contribution in [3.63, 3.8) is 0 Å².